The number of hydrogen-bond donors (Lipinski definition) is 0. The summed E-state index contributed by atoms with van der Waals surface area (Å²) < 4.78 is 35.1. The van der Waals surface area contributed by atoms with Crippen molar-refractivity contribution in [2.24, 2.45) is 0 Å². The highest BCUT2D eigenvalue weighted by Crippen LogP contribution is 2.31. The van der Waals surface area contributed by atoms with E-state index in [0.717, 1.165) is 36.2 Å². The predicted octanol–water partition coefficient (Wildman–Crippen LogP) is 11.8. The van der Waals surface area contributed by atoms with Crippen LogP contribution in [0.1, 0.15) is 184 Å². The van der Waals surface area contributed by atoms with Crippen molar-refractivity contribution in [2.45, 2.75) is 206 Å². The van der Waals surface area contributed by atoms with Gasteiger partial charge < -0.3 is 28.4 Å². The van der Waals surface area contributed by atoms with Crippen molar-refractivity contribution in [3.05, 3.63) is 0 Å². The van der Waals surface area contributed by atoms with Gasteiger partial charge in [-0.25, -0.2) is 0 Å². The van der Waals surface area contributed by atoms with Gasteiger partial charge in [-0.3, -0.25) is 0 Å². The first-order valence-electron chi connectivity index (χ1n) is 19.4. The molecule has 6 nitrogen and oxygen atoms in total. The molecule has 272 valence electrons. The molecule has 7 heteroatoms. The fourth-order valence-electron chi connectivity index (χ4n) is 6.21. The van der Waals surface area contributed by atoms with Gasteiger partial charge in [0.25, 0.3) is 11.9 Å². The van der Waals surface area contributed by atoms with E-state index in [0.29, 0.717) is 39.6 Å². The molecule has 0 aliphatic heterocycles. The minimum absolute atomic E-state index is 0.611. The van der Waals surface area contributed by atoms with Gasteiger partial charge >= 0.3 is 0 Å². The summed E-state index contributed by atoms with van der Waals surface area (Å²) in [6.07, 6.45) is 25.1. The van der Waals surface area contributed by atoms with Crippen LogP contribution in [-0.4, -0.2) is 62.1 Å². The highest BCUT2D eigenvalue weighted by molar-refractivity contribution is 8.00. The summed E-state index contributed by atoms with van der Waals surface area (Å²) in [6, 6.07) is 0. The molecule has 0 bridgehead atoms. The number of hydrogen-bond acceptors (Lipinski definition) is 7. The standard InChI is InChI=1S/C38H78O6S/c1-9-35(31-27-23-19-17-21-25-29-33-37(39-11-3,40-12-4)41-13-5)45-36(10-2)32-28-24-20-18-22-26-30-34-38(42-14-6,43-15-7)44-16-8/h35-36H,9-34H2,1-8H3. The van der Waals surface area contributed by atoms with Crippen molar-refractivity contribution in [3.63, 3.8) is 0 Å². The van der Waals surface area contributed by atoms with Crippen LogP contribution < -0.4 is 0 Å². The zero-order chi connectivity index (χ0) is 33.5. The molecule has 0 saturated heterocycles. The minimum atomic E-state index is -0.839. The van der Waals surface area contributed by atoms with Crippen LogP contribution in [0.25, 0.3) is 0 Å². The Kier molecular flexibility index (Phi) is 31.5. The van der Waals surface area contributed by atoms with E-state index in [1.807, 2.05) is 41.5 Å². The van der Waals surface area contributed by atoms with Crippen LogP contribution in [0, 0.1) is 0 Å². The number of unbranched alkanes of at least 4 members (excludes halogenated alkanes) is 12. The molecule has 0 spiro atoms. The lowest BCUT2D eigenvalue weighted by atomic mass is 10.0. The Morgan fingerprint density at radius 1 is 0.356 bits per heavy atom. The second-order valence-corrected chi connectivity index (χ2v) is 13.8. The minimum Gasteiger partial charge on any atom is -0.328 e. The molecule has 0 saturated carbocycles. The van der Waals surface area contributed by atoms with E-state index in [4.69, 9.17) is 28.4 Å². The van der Waals surface area contributed by atoms with Gasteiger partial charge in [-0.2, -0.15) is 11.8 Å². The van der Waals surface area contributed by atoms with E-state index in [2.05, 4.69) is 25.6 Å². The van der Waals surface area contributed by atoms with Crippen LogP contribution in [0.5, 0.6) is 0 Å². The van der Waals surface area contributed by atoms with E-state index in [-0.39, 0.29) is 0 Å². The maximum atomic E-state index is 5.86. The summed E-state index contributed by atoms with van der Waals surface area (Å²) in [6.45, 7) is 20.5. The summed E-state index contributed by atoms with van der Waals surface area (Å²) in [5.74, 6) is -1.68. The molecule has 0 aromatic rings. The smallest absolute Gasteiger partial charge is 0.282 e. The van der Waals surface area contributed by atoms with Crippen LogP contribution in [0.2, 0.25) is 0 Å². The van der Waals surface area contributed by atoms with Gasteiger partial charge in [0.15, 0.2) is 0 Å². The third kappa shape index (κ3) is 23.2. The molecule has 0 rings (SSSR count). The van der Waals surface area contributed by atoms with Crippen molar-refractivity contribution >= 4 is 11.8 Å². The normalized spacial score (nSPS) is 13.9. The molecule has 2 unspecified atom stereocenters. The van der Waals surface area contributed by atoms with Crippen molar-refractivity contribution in [3.8, 4) is 0 Å². The lowest BCUT2D eigenvalue weighted by Gasteiger charge is -2.32. The SMILES string of the molecule is CCOC(CCCCCCCCCC(CC)SC(CC)CCCCCCCCCC(OCC)(OCC)OCC)(OCC)OCC. The molecule has 0 amide bonds. The van der Waals surface area contributed by atoms with Crippen LogP contribution in [-0.2, 0) is 28.4 Å². The maximum Gasteiger partial charge on any atom is 0.282 e. The molecule has 45 heavy (non-hydrogen) atoms. The first-order valence-corrected chi connectivity index (χ1v) is 20.4. The average Bonchev–Trinajstić information content (AvgIpc) is 3.02. The van der Waals surface area contributed by atoms with Crippen molar-refractivity contribution in [2.75, 3.05) is 39.6 Å². The highest BCUT2D eigenvalue weighted by atomic mass is 32.2. The number of rotatable bonds is 36. The maximum absolute atomic E-state index is 5.86. The fourth-order valence-corrected chi connectivity index (χ4v) is 7.74. The number of thioether (sulfide) groups is 1. The van der Waals surface area contributed by atoms with E-state index >= 15 is 0 Å². The molecule has 0 aromatic carbocycles. The van der Waals surface area contributed by atoms with E-state index in [1.54, 1.807) is 0 Å². The third-order valence-corrected chi connectivity index (χ3v) is 10.4. The quantitative estimate of drug-likeness (QED) is 0.0489. The molecule has 2 atom stereocenters. The lowest BCUT2D eigenvalue weighted by Crippen LogP contribution is -2.39. The zero-order valence-corrected chi connectivity index (χ0v) is 32.2. The van der Waals surface area contributed by atoms with Crippen LogP contribution >= 0.6 is 11.8 Å². The molecular formula is C38H78O6S. The van der Waals surface area contributed by atoms with Gasteiger partial charge in [0.2, 0.25) is 0 Å². The molecule has 0 radical (unpaired) electrons. The molecule has 0 aromatic heterocycles. The number of ether oxygens (including phenoxy) is 6. The Hall–Kier alpha value is 0.110. The molecule has 0 heterocycles. The molecule has 0 fully saturated rings. The summed E-state index contributed by atoms with van der Waals surface area (Å²) in [4.78, 5) is 0. The average molecular weight is 663 g/mol. The predicted molar refractivity (Wildman–Crippen MR) is 194 cm³/mol. The second-order valence-electron chi connectivity index (χ2n) is 12.2. The molecule has 0 aliphatic carbocycles. The Labute approximate surface area is 285 Å². The van der Waals surface area contributed by atoms with Crippen LogP contribution in [0.4, 0.5) is 0 Å². The lowest BCUT2D eigenvalue weighted by molar-refractivity contribution is -0.380. The first kappa shape index (κ1) is 45.1. The van der Waals surface area contributed by atoms with Crippen molar-refractivity contribution in [1.29, 1.82) is 0 Å². The monoisotopic (exact) mass is 663 g/mol. The van der Waals surface area contributed by atoms with Gasteiger partial charge in [0.1, 0.15) is 0 Å². The van der Waals surface area contributed by atoms with Crippen LogP contribution in [0.3, 0.4) is 0 Å². The second kappa shape index (κ2) is 31.4. The largest absolute Gasteiger partial charge is 0.328 e. The Morgan fingerprint density at radius 3 is 0.844 bits per heavy atom. The molecule has 0 aliphatic rings. The topological polar surface area (TPSA) is 55.4 Å². The summed E-state index contributed by atoms with van der Waals surface area (Å²) in [5, 5.41) is 1.66. The Balaban J connectivity index is 4.01. The van der Waals surface area contributed by atoms with Gasteiger partial charge in [-0.05, 0) is 80.1 Å². The van der Waals surface area contributed by atoms with E-state index < -0.39 is 11.9 Å². The summed E-state index contributed by atoms with van der Waals surface area (Å²) in [5.41, 5.74) is 0. The zero-order valence-electron chi connectivity index (χ0n) is 31.4. The third-order valence-electron chi connectivity index (χ3n) is 8.50. The van der Waals surface area contributed by atoms with Gasteiger partial charge in [0.05, 0.1) is 0 Å². The Bertz CT molecular complexity index is 523. The fraction of sp³-hybridized carbons (Fsp3) is 1.00. The van der Waals surface area contributed by atoms with Gasteiger partial charge in [-0.1, -0.05) is 90.9 Å². The first-order chi connectivity index (χ1) is 21.9. The highest BCUT2D eigenvalue weighted by Gasteiger charge is 2.32. The Morgan fingerprint density at radius 2 is 0.600 bits per heavy atom. The summed E-state index contributed by atoms with van der Waals surface area (Å²) in [7, 11) is 0. The van der Waals surface area contributed by atoms with Gasteiger partial charge in [-0.15, -0.1) is 0 Å². The van der Waals surface area contributed by atoms with E-state index in [1.165, 1.54) is 103 Å². The van der Waals surface area contributed by atoms with Crippen molar-refractivity contribution in [1.82, 2.24) is 0 Å². The van der Waals surface area contributed by atoms with Crippen LogP contribution in [0.15, 0.2) is 0 Å². The van der Waals surface area contributed by atoms with E-state index in [9.17, 15) is 0 Å². The molecular weight excluding hydrogens is 584 g/mol. The molecule has 0 N–H and O–H groups in total. The van der Waals surface area contributed by atoms with Crippen molar-refractivity contribution < 1.29 is 28.4 Å². The van der Waals surface area contributed by atoms with Gasteiger partial charge in [0, 0.05) is 63.0 Å². The summed E-state index contributed by atoms with van der Waals surface area (Å²) >= 11 is 2.30.